The maximum Gasteiger partial charge on any atom is 0.267 e. The Kier molecular flexibility index (Phi) is 6.48. The maximum atomic E-state index is 14.8. The van der Waals surface area contributed by atoms with Gasteiger partial charge in [-0.15, -0.1) is 0 Å². The lowest BCUT2D eigenvalue weighted by Gasteiger charge is -2.35. The van der Waals surface area contributed by atoms with Gasteiger partial charge in [0, 0.05) is 38.9 Å². The van der Waals surface area contributed by atoms with Gasteiger partial charge in [0.1, 0.15) is 11.6 Å². The van der Waals surface area contributed by atoms with E-state index in [2.05, 4.69) is 20.9 Å². The second kappa shape index (κ2) is 9.15. The fraction of sp³-hybridized carbons (Fsp3) is 0.478. The Balaban J connectivity index is 1.42. The first-order valence-corrected chi connectivity index (χ1v) is 12.6. The van der Waals surface area contributed by atoms with E-state index in [1.54, 1.807) is 0 Å². The molecule has 1 saturated heterocycles. The van der Waals surface area contributed by atoms with Crippen LogP contribution in [-0.4, -0.2) is 55.6 Å². The van der Waals surface area contributed by atoms with Gasteiger partial charge in [-0.1, -0.05) is 13.0 Å². The van der Waals surface area contributed by atoms with Crippen molar-refractivity contribution in [1.82, 2.24) is 14.6 Å². The molecule has 32 heavy (non-hydrogen) atoms. The van der Waals surface area contributed by atoms with Crippen LogP contribution in [-0.2, 0) is 23.0 Å². The number of aromatic nitrogens is 1. The summed E-state index contributed by atoms with van der Waals surface area (Å²) in [5.41, 5.74) is 2.59. The number of carbonyl (C=O) groups is 1. The van der Waals surface area contributed by atoms with Gasteiger partial charge in [0.2, 0.25) is 10.0 Å². The van der Waals surface area contributed by atoms with Crippen molar-refractivity contribution >= 4 is 21.7 Å². The number of pyridine rings is 1. The van der Waals surface area contributed by atoms with Crippen LogP contribution in [0.1, 0.15) is 46.8 Å². The van der Waals surface area contributed by atoms with E-state index in [1.807, 2.05) is 30.8 Å². The number of sulfonamides is 1. The molecule has 1 aliphatic heterocycles. The van der Waals surface area contributed by atoms with Crippen molar-refractivity contribution in [1.29, 1.82) is 0 Å². The minimum absolute atomic E-state index is 0.218. The van der Waals surface area contributed by atoms with Gasteiger partial charge in [-0.3, -0.25) is 9.69 Å². The third-order valence-electron chi connectivity index (χ3n) is 6.10. The number of carbonyl (C=O) groups excluding carboxylic acids is 1. The number of nitrogens with zero attached hydrogens (tertiary/aromatic N) is 3. The van der Waals surface area contributed by atoms with Crippen LogP contribution in [0.15, 0.2) is 30.5 Å². The third kappa shape index (κ3) is 5.10. The smallest absolute Gasteiger partial charge is 0.267 e. The fourth-order valence-electron chi connectivity index (χ4n) is 3.98. The first-order chi connectivity index (χ1) is 15.3. The molecular formula is C23H29FN4O3S. The molecule has 2 fully saturated rings. The molecule has 1 aromatic heterocycles. The summed E-state index contributed by atoms with van der Waals surface area (Å²) in [6, 6.07) is 6.96. The molecular weight excluding hydrogens is 431 g/mol. The van der Waals surface area contributed by atoms with Gasteiger partial charge in [-0.05, 0) is 61.1 Å². The zero-order valence-electron chi connectivity index (χ0n) is 18.5. The van der Waals surface area contributed by atoms with Gasteiger partial charge < -0.3 is 4.90 Å². The molecule has 1 aromatic carbocycles. The van der Waals surface area contributed by atoms with Gasteiger partial charge in [0.25, 0.3) is 5.91 Å². The summed E-state index contributed by atoms with van der Waals surface area (Å²) < 4.78 is 40.9. The summed E-state index contributed by atoms with van der Waals surface area (Å²) in [7, 11) is -3.72. The minimum Gasteiger partial charge on any atom is -0.354 e. The quantitative estimate of drug-likeness (QED) is 0.684. The molecule has 172 valence electrons. The maximum absolute atomic E-state index is 14.8. The fourth-order valence-corrected chi connectivity index (χ4v) is 5.27. The number of hydrogen-bond donors (Lipinski definition) is 1. The van der Waals surface area contributed by atoms with Gasteiger partial charge in [0.05, 0.1) is 10.8 Å². The normalized spacial score (nSPS) is 17.4. The Morgan fingerprint density at radius 3 is 2.47 bits per heavy atom. The first-order valence-electron chi connectivity index (χ1n) is 11.0. The van der Waals surface area contributed by atoms with E-state index in [-0.39, 0.29) is 5.56 Å². The molecule has 4 rings (SSSR count). The van der Waals surface area contributed by atoms with E-state index in [4.69, 9.17) is 0 Å². The Bertz CT molecular complexity index is 1090. The summed E-state index contributed by atoms with van der Waals surface area (Å²) in [5, 5.41) is -0.534. The van der Waals surface area contributed by atoms with E-state index in [0.717, 1.165) is 48.7 Å². The Hall–Kier alpha value is -2.52. The number of aryl methyl sites for hydroxylation is 2. The Morgan fingerprint density at radius 1 is 1.16 bits per heavy atom. The zero-order chi connectivity index (χ0) is 22.9. The number of amides is 1. The summed E-state index contributed by atoms with van der Waals surface area (Å²) in [4.78, 5) is 21.4. The second-order valence-corrected chi connectivity index (χ2v) is 10.5. The van der Waals surface area contributed by atoms with Crippen LogP contribution < -0.4 is 9.62 Å². The lowest BCUT2D eigenvalue weighted by Crippen LogP contribution is -2.46. The van der Waals surface area contributed by atoms with E-state index in [9.17, 15) is 17.6 Å². The number of anilines is 1. The molecule has 9 heteroatoms. The Morgan fingerprint density at radius 2 is 1.88 bits per heavy atom. The van der Waals surface area contributed by atoms with Gasteiger partial charge >= 0.3 is 0 Å². The standard InChI is InChI=1S/C23H29FN4O3S/c1-3-17-12-20(23(29)26-32(30,31)19-5-6-19)21(24)13-18(17)15-27-8-10-28(11-9-27)22-7-4-16(2)14-25-22/h4,7,12-14,19H,3,5-6,8-11,15H2,1-2H3,(H,26,29). The summed E-state index contributed by atoms with van der Waals surface area (Å²) in [5.74, 6) is -0.620. The van der Waals surface area contributed by atoms with Crippen LogP contribution in [0.2, 0.25) is 0 Å². The average Bonchev–Trinajstić information content (AvgIpc) is 3.61. The van der Waals surface area contributed by atoms with Crippen LogP contribution in [0.5, 0.6) is 0 Å². The lowest BCUT2D eigenvalue weighted by atomic mass is 10.00. The van der Waals surface area contributed by atoms with E-state index >= 15 is 0 Å². The summed E-state index contributed by atoms with van der Waals surface area (Å²) in [6.45, 7) is 7.85. The van der Waals surface area contributed by atoms with E-state index < -0.39 is 27.0 Å². The van der Waals surface area contributed by atoms with Crippen LogP contribution in [0.25, 0.3) is 0 Å². The van der Waals surface area contributed by atoms with Crippen LogP contribution >= 0.6 is 0 Å². The molecule has 2 aromatic rings. The number of rotatable bonds is 7. The minimum atomic E-state index is -3.72. The third-order valence-corrected chi connectivity index (χ3v) is 7.92. The average molecular weight is 461 g/mol. The van der Waals surface area contributed by atoms with Crippen molar-refractivity contribution in [3.05, 3.63) is 58.5 Å². The largest absolute Gasteiger partial charge is 0.354 e. The first kappa shape index (κ1) is 22.7. The topological polar surface area (TPSA) is 82.6 Å². The van der Waals surface area contributed by atoms with Crippen LogP contribution in [0.3, 0.4) is 0 Å². The number of nitrogens with one attached hydrogen (secondary N) is 1. The molecule has 0 bridgehead atoms. The number of halogens is 1. The van der Waals surface area contributed by atoms with Crippen molar-refractivity contribution in [2.45, 2.75) is 44.9 Å². The molecule has 1 amide bonds. The number of benzene rings is 1. The zero-order valence-corrected chi connectivity index (χ0v) is 19.3. The highest BCUT2D eigenvalue weighted by molar-refractivity contribution is 7.91. The molecule has 7 nitrogen and oxygen atoms in total. The molecule has 2 heterocycles. The van der Waals surface area contributed by atoms with Crippen LogP contribution in [0.4, 0.5) is 10.2 Å². The van der Waals surface area contributed by atoms with E-state index in [0.29, 0.717) is 25.8 Å². The van der Waals surface area contributed by atoms with E-state index in [1.165, 1.54) is 12.1 Å². The second-order valence-electron chi connectivity index (χ2n) is 8.59. The van der Waals surface area contributed by atoms with Crippen molar-refractivity contribution in [3.63, 3.8) is 0 Å². The lowest BCUT2D eigenvalue weighted by molar-refractivity contribution is 0.0977. The molecule has 1 N–H and O–H groups in total. The highest BCUT2D eigenvalue weighted by atomic mass is 32.2. The molecule has 0 spiro atoms. The Labute approximate surface area is 188 Å². The monoisotopic (exact) mass is 460 g/mol. The SMILES string of the molecule is CCc1cc(C(=O)NS(=O)(=O)C2CC2)c(F)cc1CN1CCN(c2ccc(C)cn2)CC1. The highest BCUT2D eigenvalue weighted by Crippen LogP contribution is 2.28. The van der Waals surface area contributed by atoms with Crippen LogP contribution in [0, 0.1) is 12.7 Å². The molecule has 1 saturated carbocycles. The van der Waals surface area contributed by atoms with Gasteiger partial charge in [-0.25, -0.2) is 22.5 Å². The van der Waals surface area contributed by atoms with Crippen molar-refractivity contribution < 1.29 is 17.6 Å². The molecule has 0 radical (unpaired) electrons. The predicted molar refractivity (Wildman–Crippen MR) is 122 cm³/mol. The van der Waals surface area contributed by atoms with Crippen molar-refractivity contribution in [2.75, 3.05) is 31.1 Å². The predicted octanol–water partition coefficient (Wildman–Crippen LogP) is 2.64. The molecule has 2 aliphatic rings. The number of hydrogen-bond acceptors (Lipinski definition) is 6. The highest BCUT2D eigenvalue weighted by Gasteiger charge is 2.37. The van der Waals surface area contributed by atoms with Crippen molar-refractivity contribution in [3.8, 4) is 0 Å². The van der Waals surface area contributed by atoms with Gasteiger partial charge in [0.15, 0.2) is 0 Å². The van der Waals surface area contributed by atoms with Crippen molar-refractivity contribution in [2.24, 2.45) is 0 Å². The number of piperazine rings is 1. The molecule has 0 unspecified atom stereocenters. The summed E-state index contributed by atoms with van der Waals surface area (Å²) >= 11 is 0. The molecule has 0 atom stereocenters. The summed E-state index contributed by atoms with van der Waals surface area (Å²) in [6.07, 6.45) is 3.57. The van der Waals surface area contributed by atoms with Gasteiger partial charge in [-0.2, -0.15) is 0 Å². The molecule has 1 aliphatic carbocycles.